The SMILES string of the molecule is N=C1CCC(CC2CCCC(N)C2)CC1. The van der Waals surface area contributed by atoms with Gasteiger partial charge in [-0.05, 0) is 56.8 Å². The summed E-state index contributed by atoms with van der Waals surface area (Å²) < 4.78 is 0. The Hall–Kier alpha value is -0.370. The van der Waals surface area contributed by atoms with E-state index >= 15 is 0 Å². The molecule has 0 heterocycles. The van der Waals surface area contributed by atoms with Crippen LogP contribution in [0.2, 0.25) is 0 Å². The topological polar surface area (TPSA) is 49.9 Å². The van der Waals surface area contributed by atoms with E-state index in [4.69, 9.17) is 11.1 Å². The lowest BCUT2D eigenvalue weighted by Crippen LogP contribution is -2.29. The van der Waals surface area contributed by atoms with E-state index < -0.39 is 0 Å². The van der Waals surface area contributed by atoms with Crippen molar-refractivity contribution in [2.75, 3.05) is 0 Å². The lowest BCUT2D eigenvalue weighted by atomic mass is 9.76. The smallest absolute Gasteiger partial charge is 0.00893 e. The van der Waals surface area contributed by atoms with Gasteiger partial charge in [0, 0.05) is 11.8 Å². The first-order valence-electron chi connectivity index (χ1n) is 6.56. The molecule has 2 saturated carbocycles. The van der Waals surface area contributed by atoms with Gasteiger partial charge in [-0.3, -0.25) is 0 Å². The minimum absolute atomic E-state index is 0.477. The van der Waals surface area contributed by atoms with Crippen LogP contribution in [0.15, 0.2) is 0 Å². The first-order valence-corrected chi connectivity index (χ1v) is 6.56. The number of nitrogens with one attached hydrogen (secondary N) is 1. The molecule has 2 aliphatic rings. The molecule has 0 aliphatic heterocycles. The Kier molecular flexibility index (Phi) is 3.79. The number of nitrogens with two attached hydrogens (primary N) is 1. The van der Waals surface area contributed by atoms with Crippen molar-refractivity contribution in [1.82, 2.24) is 0 Å². The summed E-state index contributed by atoms with van der Waals surface area (Å²) >= 11 is 0. The first-order chi connectivity index (χ1) is 7.24. The largest absolute Gasteiger partial charge is 0.328 e. The second-order valence-corrected chi connectivity index (χ2v) is 5.58. The van der Waals surface area contributed by atoms with Crippen LogP contribution in [0.1, 0.15) is 57.8 Å². The highest BCUT2D eigenvalue weighted by Crippen LogP contribution is 2.33. The van der Waals surface area contributed by atoms with Crippen molar-refractivity contribution in [2.24, 2.45) is 17.6 Å². The lowest BCUT2D eigenvalue weighted by Gasteiger charge is -2.31. The average Bonchev–Trinajstić information content (AvgIpc) is 2.22. The molecule has 0 amide bonds. The maximum Gasteiger partial charge on any atom is 0.00893 e. The van der Waals surface area contributed by atoms with Gasteiger partial charge < -0.3 is 11.1 Å². The predicted octanol–water partition coefficient (Wildman–Crippen LogP) is 3.10. The highest BCUT2D eigenvalue weighted by atomic mass is 14.6. The highest BCUT2D eigenvalue weighted by Gasteiger charge is 2.24. The molecule has 0 aromatic rings. The molecule has 0 aromatic heterocycles. The van der Waals surface area contributed by atoms with Crippen molar-refractivity contribution in [3.63, 3.8) is 0 Å². The van der Waals surface area contributed by atoms with Crippen molar-refractivity contribution >= 4 is 5.71 Å². The third-order valence-electron chi connectivity index (χ3n) is 4.20. The molecule has 0 radical (unpaired) electrons. The van der Waals surface area contributed by atoms with Crippen LogP contribution in [0.5, 0.6) is 0 Å². The van der Waals surface area contributed by atoms with E-state index in [1.807, 2.05) is 0 Å². The van der Waals surface area contributed by atoms with Crippen molar-refractivity contribution < 1.29 is 0 Å². The van der Waals surface area contributed by atoms with Crippen LogP contribution < -0.4 is 5.73 Å². The van der Waals surface area contributed by atoms with Gasteiger partial charge >= 0.3 is 0 Å². The summed E-state index contributed by atoms with van der Waals surface area (Å²) in [5, 5.41) is 7.61. The van der Waals surface area contributed by atoms with E-state index in [-0.39, 0.29) is 0 Å². The molecule has 2 atom stereocenters. The molecule has 2 heteroatoms. The van der Waals surface area contributed by atoms with Crippen molar-refractivity contribution in [1.29, 1.82) is 5.41 Å². The van der Waals surface area contributed by atoms with E-state index in [1.54, 1.807) is 0 Å². The Labute approximate surface area is 93.1 Å². The van der Waals surface area contributed by atoms with Gasteiger partial charge in [0.05, 0.1) is 0 Å². The monoisotopic (exact) mass is 208 g/mol. The number of hydrogen-bond donors (Lipinski definition) is 2. The van der Waals surface area contributed by atoms with Crippen molar-refractivity contribution in [2.45, 2.75) is 63.8 Å². The molecule has 2 fully saturated rings. The fourth-order valence-electron chi connectivity index (χ4n) is 3.28. The second kappa shape index (κ2) is 5.11. The summed E-state index contributed by atoms with van der Waals surface area (Å²) in [5.41, 5.74) is 7.00. The second-order valence-electron chi connectivity index (χ2n) is 5.58. The molecule has 0 aromatic carbocycles. The normalized spacial score (nSPS) is 37.9. The third-order valence-corrected chi connectivity index (χ3v) is 4.20. The van der Waals surface area contributed by atoms with Crippen LogP contribution >= 0.6 is 0 Å². The average molecular weight is 208 g/mol. The van der Waals surface area contributed by atoms with Gasteiger partial charge in [0.2, 0.25) is 0 Å². The number of rotatable bonds is 2. The zero-order chi connectivity index (χ0) is 10.7. The lowest BCUT2D eigenvalue weighted by molar-refractivity contribution is 0.250. The van der Waals surface area contributed by atoms with E-state index in [2.05, 4.69) is 0 Å². The predicted molar refractivity (Wildman–Crippen MR) is 64.2 cm³/mol. The summed E-state index contributed by atoms with van der Waals surface area (Å²) in [6.07, 6.45) is 11.3. The van der Waals surface area contributed by atoms with Crippen LogP contribution in [-0.2, 0) is 0 Å². The summed E-state index contributed by atoms with van der Waals surface area (Å²) in [6.45, 7) is 0. The van der Waals surface area contributed by atoms with Crippen LogP contribution in [0.4, 0.5) is 0 Å². The Balaban J connectivity index is 1.74. The molecule has 2 unspecified atom stereocenters. The summed E-state index contributed by atoms with van der Waals surface area (Å²) in [6, 6.07) is 0.477. The van der Waals surface area contributed by atoms with Crippen LogP contribution in [0.25, 0.3) is 0 Å². The van der Waals surface area contributed by atoms with Crippen LogP contribution in [-0.4, -0.2) is 11.8 Å². The Morgan fingerprint density at radius 3 is 2.47 bits per heavy atom. The Morgan fingerprint density at radius 2 is 1.80 bits per heavy atom. The van der Waals surface area contributed by atoms with Crippen LogP contribution in [0.3, 0.4) is 0 Å². The van der Waals surface area contributed by atoms with E-state index in [0.29, 0.717) is 6.04 Å². The molecule has 0 saturated heterocycles. The van der Waals surface area contributed by atoms with Gasteiger partial charge in [0.1, 0.15) is 0 Å². The zero-order valence-corrected chi connectivity index (χ0v) is 9.67. The van der Waals surface area contributed by atoms with E-state index in [1.165, 1.54) is 44.9 Å². The molecule has 2 aliphatic carbocycles. The minimum Gasteiger partial charge on any atom is -0.328 e. The third kappa shape index (κ3) is 3.30. The molecular weight excluding hydrogens is 184 g/mol. The van der Waals surface area contributed by atoms with Gasteiger partial charge in [0.25, 0.3) is 0 Å². The number of hydrogen-bond acceptors (Lipinski definition) is 2. The zero-order valence-electron chi connectivity index (χ0n) is 9.67. The summed E-state index contributed by atoms with van der Waals surface area (Å²) in [7, 11) is 0. The van der Waals surface area contributed by atoms with Gasteiger partial charge in [-0.2, -0.15) is 0 Å². The van der Waals surface area contributed by atoms with Gasteiger partial charge in [-0.1, -0.05) is 12.8 Å². The Morgan fingerprint density at radius 1 is 1.07 bits per heavy atom. The maximum atomic E-state index is 7.61. The standard InChI is InChI=1S/C13H24N2/c14-12-6-4-10(5-7-12)8-11-2-1-3-13(15)9-11/h10-11,13-14H,1-9,15H2. The molecule has 2 nitrogen and oxygen atoms in total. The summed E-state index contributed by atoms with van der Waals surface area (Å²) in [5.74, 6) is 1.79. The van der Waals surface area contributed by atoms with E-state index in [0.717, 1.165) is 30.4 Å². The molecule has 15 heavy (non-hydrogen) atoms. The van der Waals surface area contributed by atoms with Crippen molar-refractivity contribution in [3.05, 3.63) is 0 Å². The quantitative estimate of drug-likeness (QED) is 0.719. The minimum atomic E-state index is 0.477. The fraction of sp³-hybridized carbons (Fsp3) is 0.923. The molecule has 0 bridgehead atoms. The van der Waals surface area contributed by atoms with Gasteiger partial charge in [-0.15, -0.1) is 0 Å². The summed E-state index contributed by atoms with van der Waals surface area (Å²) in [4.78, 5) is 0. The van der Waals surface area contributed by atoms with Gasteiger partial charge in [0.15, 0.2) is 0 Å². The van der Waals surface area contributed by atoms with Crippen LogP contribution in [0, 0.1) is 17.2 Å². The molecule has 3 N–H and O–H groups in total. The molecule has 86 valence electrons. The van der Waals surface area contributed by atoms with E-state index in [9.17, 15) is 0 Å². The molecule has 2 rings (SSSR count). The highest BCUT2D eigenvalue weighted by molar-refractivity contribution is 5.81. The Bertz CT molecular complexity index is 215. The van der Waals surface area contributed by atoms with Gasteiger partial charge in [-0.25, -0.2) is 0 Å². The fourth-order valence-corrected chi connectivity index (χ4v) is 3.28. The molecular formula is C13H24N2. The first kappa shape index (κ1) is 11.1. The maximum absolute atomic E-state index is 7.61. The van der Waals surface area contributed by atoms with Crippen molar-refractivity contribution in [3.8, 4) is 0 Å². The molecule has 0 spiro atoms.